The lowest BCUT2D eigenvalue weighted by atomic mass is 9.97. The minimum absolute atomic E-state index is 0.0522. The number of amides is 2. The normalized spacial score (nSPS) is 21.8. The molecule has 0 radical (unpaired) electrons. The molecule has 4 rings (SSSR count). The number of rotatable bonds is 9. The van der Waals surface area contributed by atoms with E-state index >= 15 is 0 Å². The number of anilines is 1. The molecule has 0 aromatic carbocycles. The molecule has 0 bridgehead atoms. The molecular formula is C22H31N3O4S. The molecule has 2 heterocycles. The van der Waals surface area contributed by atoms with E-state index in [1.165, 1.54) is 24.2 Å². The lowest BCUT2D eigenvalue weighted by Gasteiger charge is -2.31. The van der Waals surface area contributed by atoms with Crippen molar-refractivity contribution in [2.75, 3.05) is 38.1 Å². The largest absolute Gasteiger partial charge is 0.462 e. The molecule has 3 fully saturated rings. The number of piperidine rings is 1. The van der Waals surface area contributed by atoms with Crippen molar-refractivity contribution in [3.8, 4) is 0 Å². The van der Waals surface area contributed by atoms with Crippen molar-refractivity contribution >= 4 is 34.1 Å². The summed E-state index contributed by atoms with van der Waals surface area (Å²) in [6, 6.07) is 0. The fraction of sp³-hybridized carbons (Fsp3) is 0.682. The van der Waals surface area contributed by atoms with Gasteiger partial charge >= 0.3 is 5.97 Å². The summed E-state index contributed by atoms with van der Waals surface area (Å²) in [7, 11) is 0. The molecule has 1 aliphatic heterocycles. The predicted octanol–water partition coefficient (Wildman–Crippen LogP) is 2.98. The van der Waals surface area contributed by atoms with Gasteiger partial charge < -0.3 is 15.4 Å². The molecule has 1 aromatic rings. The number of carbonyl (C=O) groups excluding carboxylic acids is 3. The van der Waals surface area contributed by atoms with Crippen molar-refractivity contribution in [1.82, 2.24) is 10.2 Å². The third-order valence-electron chi connectivity index (χ3n) is 6.07. The number of carbonyl (C=O) groups is 3. The van der Waals surface area contributed by atoms with Gasteiger partial charge in [-0.3, -0.25) is 14.5 Å². The van der Waals surface area contributed by atoms with E-state index in [4.69, 9.17) is 4.74 Å². The second kappa shape index (κ2) is 9.47. The molecule has 3 aliphatic rings. The maximum Gasteiger partial charge on any atom is 0.341 e. The van der Waals surface area contributed by atoms with Crippen LogP contribution in [0.5, 0.6) is 0 Å². The Bertz CT molecular complexity index is 800. The minimum atomic E-state index is -0.360. The monoisotopic (exact) mass is 433 g/mol. The first-order valence-corrected chi connectivity index (χ1v) is 12.0. The van der Waals surface area contributed by atoms with Gasteiger partial charge in [-0.15, -0.1) is 11.3 Å². The number of thiophene rings is 1. The zero-order valence-electron chi connectivity index (χ0n) is 17.6. The lowest BCUT2D eigenvalue weighted by Crippen LogP contribution is -2.45. The zero-order valence-corrected chi connectivity index (χ0v) is 18.4. The Balaban J connectivity index is 1.33. The van der Waals surface area contributed by atoms with Crippen LogP contribution >= 0.6 is 11.3 Å². The third-order valence-corrected chi connectivity index (χ3v) is 6.99. The van der Waals surface area contributed by atoms with Crippen molar-refractivity contribution in [3.05, 3.63) is 16.5 Å². The van der Waals surface area contributed by atoms with E-state index in [0.29, 0.717) is 35.6 Å². The highest BCUT2D eigenvalue weighted by atomic mass is 32.1. The summed E-state index contributed by atoms with van der Waals surface area (Å²) in [4.78, 5) is 39.6. The molecule has 1 saturated heterocycles. The zero-order chi connectivity index (χ0) is 21.1. The Morgan fingerprint density at radius 1 is 1.20 bits per heavy atom. The summed E-state index contributed by atoms with van der Waals surface area (Å²) in [5.41, 5.74) is 1.52. The van der Waals surface area contributed by atoms with Crippen molar-refractivity contribution < 1.29 is 19.1 Å². The van der Waals surface area contributed by atoms with Crippen LogP contribution in [-0.4, -0.2) is 55.5 Å². The van der Waals surface area contributed by atoms with Crippen LogP contribution in [-0.2, 0) is 14.3 Å². The Hall–Kier alpha value is -1.93. The molecule has 164 valence electrons. The average molecular weight is 434 g/mol. The second-order valence-electron chi connectivity index (χ2n) is 8.70. The van der Waals surface area contributed by atoms with Crippen LogP contribution in [0.15, 0.2) is 5.38 Å². The van der Waals surface area contributed by atoms with Gasteiger partial charge in [0, 0.05) is 13.1 Å². The molecule has 1 atom stereocenters. The van der Waals surface area contributed by atoms with Crippen molar-refractivity contribution in [2.45, 2.75) is 51.4 Å². The quantitative estimate of drug-likeness (QED) is 0.585. The van der Waals surface area contributed by atoms with E-state index in [2.05, 4.69) is 10.6 Å². The highest BCUT2D eigenvalue weighted by molar-refractivity contribution is 7.15. The highest BCUT2D eigenvalue weighted by Gasteiger charge is 2.33. The molecule has 30 heavy (non-hydrogen) atoms. The molecule has 1 unspecified atom stereocenters. The average Bonchev–Trinajstić information content (AvgIpc) is 3.65. The standard InChI is InChI=1S/C22H31N3O4S/c1-2-29-22(28)19-17(15-7-8-15)13-30-21(19)24-18(26)12-25-9-3-4-16(11-25)20(27)23-10-14-5-6-14/h13-16H,2-12H2,1H3,(H,23,27)(H,24,26). The maximum absolute atomic E-state index is 12.7. The van der Waals surface area contributed by atoms with Crippen molar-refractivity contribution in [1.29, 1.82) is 0 Å². The molecule has 8 heteroatoms. The number of hydrogen-bond acceptors (Lipinski definition) is 6. The van der Waals surface area contributed by atoms with Crippen LogP contribution in [0.25, 0.3) is 0 Å². The van der Waals surface area contributed by atoms with Gasteiger partial charge in [0.25, 0.3) is 0 Å². The highest BCUT2D eigenvalue weighted by Crippen LogP contribution is 2.46. The van der Waals surface area contributed by atoms with E-state index < -0.39 is 0 Å². The smallest absolute Gasteiger partial charge is 0.341 e. The number of nitrogens with zero attached hydrogens (tertiary/aromatic N) is 1. The van der Waals surface area contributed by atoms with E-state index in [1.807, 2.05) is 10.3 Å². The molecule has 2 saturated carbocycles. The van der Waals surface area contributed by atoms with Crippen LogP contribution in [0, 0.1) is 11.8 Å². The first-order valence-electron chi connectivity index (χ1n) is 11.1. The second-order valence-corrected chi connectivity index (χ2v) is 9.58. The minimum Gasteiger partial charge on any atom is -0.462 e. The number of hydrogen-bond donors (Lipinski definition) is 2. The maximum atomic E-state index is 12.7. The van der Waals surface area contributed by atoms with Crippen molar-refractivity contribution in [3.63, 3.8) is 0 Å². The molecule has 1 aromatic heterocycles. The van der Waals surface area contributed by atoms with Gasteiger partial charge in [0.1, 0.15) is 5.00 Å². The summed E-state index contributed by atoms with van der Waals surface area (Å²) in [5.74, 6) is 0.625. The Labute approximate surface area is 181 Å². The summed E-state index contributed by atoms with van der Waals surface area (Å²) < 4.78 is 5.22. The molecule has 7 nitrogen and oxygen atoms in total. The SMILES string of the molecule is CCOC(=O)c1c(C2CC2)csc1NC(=O)CN1CCCC(C(=O)NCC2CC2)C1. The first-order chi connectivity index (χ1) is 14.5. The number of esters is 1. The molecule has 2 amide bonds. The van der Waals surface area contributed by atoms with Crippen molar-refractivity contribution in [2.24, 2.45) is 11.8 Å². The van der Waals surface area contributed by atoms with E-state index in [-0.39, 0.29) is 30.2 Å². The van der Waals surface area contributed by atoms with Gasteiger partial charge in [-0.25, -0.2) is 4.79 Å². The molecule has 2 aliphatic carbocycles. The third kappa shape index (κ3) is 5.40. The number of ether oxygens (including phenoxy) is 1. The van der Waals surface area contributed by atoms with Crippen LogP contribution in [0.2, 0.25) is 0 Å². The molecular weight excluding hydrogens is 402 g/mol. The van der Waals surface area contributed by atoms with Gasteiger partial charge in [-0.05, 0) is 74.8 Å². The van der Waals surface area contributed by atoms with Crippen LogP contribution in [0.1, 0.15) is 67.3 Å². The summed E-state index contributed by atoms with van der Waals surface area (Å²) in [5, 5.41) is 8.54. The summed E-state index contributed by atoms with van der Waals surface area (Å²) in [6.07, 6.45) is 6.38. The molecule has 2 N–H and O–H groups in total. The van der Waals surface area contributed by atoms with E-state index in [9.17, 15) is 14.4 Å². The van der Waals surface area contributed by atoms with Crippen LogP contribution in [0.3, 0.4) is 0 Å². The number of likely N-dealkylation sites (tertiary alicyclic amines) is 1. The lowest BCUT2D eigenvalue weighted by molar-refractivity contribution is -0.128. The topological polar surface area (TPSA) is 87.7 Å². The van der Waals surface area contributed by atoms with Gasteiger partial charge in [0.15, 0.2) is 0 Å². The van der Waals surface area contributed by atoms with Crippen LogP contribution in [0.4, 0.5) is 5.00 Å². The Morgan fingerprint density at radius 2 is 2.00 bits per heavy atom. The Morgan fingerprint density at radius 3 is 2.70 bits per heavy atom. The van der Waals surface area contributed by atoms with Gasteiger partial charge in [-0.2, -0.15) is 0 Å². The van der Waals surface area contributed by atoms with E-state index in [1.54, 1.807) is 6.92 Å². The Kier molecular flexibility index (Phi) is 6.73. The van der Waals surface area contributed by atoms with Crippen LogP contribution < -0.4 is 10.6 Å². The van der Waals surface area contributed by atoms with Gasteiger partial charge in [0.2, 0.25) is 11.8 Å². The number of nitrogens with one attached hydrogen (secondary N) is 2. The molecule has 0 spiro atoms. The van der Waals surface area contributed by atoms with Gasteiger partial charge in [0.05, 0.1) is 24.6 Å². The summed E-state index contributed by atoms with van der Waals surface area (Å²) in [6.45, 7) is 4.52. The fourth-order valence-electron chi connectivity index (χ4n) is 4.07. The fourth-order valence-corrected chi connectivity index (χ4v) is 5.11. The first kappa shape index (κ1) is 21.3. The summed E-state index contributed by atoms with van der Waals surface area (Å²) >= 11 is 1.39. The predicted molar refractivity (Wildman–Crippen MR) is 116 cm³/mol. The van der Waals surface area contributed by atoms with Gasteiger partial charge in [-0.1, -0.05) is 0 Å². The van der Waals surface area contributed by atoms with E-state index in [0.717, 1.165) is 44.3 Å².